The first-order valence-corrected chi connectivity index (χ1v) is 7.69. The lowest BCUT2D eigenvalue weighted by molar-refractivity contribution is 0.599. The van der Waals surface area contributed by atoms with E-state index in [1.807, 2.05) is 13.0 Å². The molecule has 5 nitrogen and oxygen atoms in total. The van der Waals surface area contributed by atoms with Gasteiger partial charge < -0.3 is 5.32 Å². The molecule has 0 aliphatic carbocycles. The monoisotopic (exact) mass is 291 g/mol. The Bertz CT molecular complexity index is 682. The Morgan fingerprint density at radius 1 is 1.15 bits per heavy atom. The SMILES string of the molecule is CNCc1ccccc1S(=O)(=O)Nc1ccc(C)nc1. The smallest absolute Gasteiger partial charge is 0.262 e. The molecule has 106 valence electrons. The van der Waals surface area contributed by atoms with Crippen LogP contribution in [0.3, 0.4) is 0 Å². The van der Waals surface area contributed by atoms with E-state index in [1.54, 1.807) is 37.4 Å². The van der Waals surface area contributed by atoms with Gasteiger partial charge in [0, 0.05) is 12.2 Å². The number of benzene rings is 1. The average Bonchev–Trinajstić information content (AvgIpc) is 2.42. The number of rotatable bonds is 5. The number of sulfonamides is 1. The summed E-state index contributed by atoms with van der Waals surface area (Å²) >= 11 is 0. The Balaban J connectivity index is 2.33. The Labute approximate surface area is 119 Å². The largest absolute Gasteiger partial charge is 0.316 e. The summed E-state index contributed by atoms with van der Waals surface area (Å²) in [5, 5.41) is 2.96. The lowest BCUT2D eigenvalue weighted by Gasteiger charge is -2.12. The van der Waals surface area contributed by atoms with Crippen LogP contribution >= 0.6 is 0 Å². The maximum atomic E-state index is 12.4. The van der Waals surface area contributed by atoms with Gasteiger partial charge in [0.1, 0.15) is 0 Å². The average molecular weight is 291 g/mol. The summed E-state index contributed by atoms with van der Waals surface area (Å²) in [6.45, 7) is 2.34. The first-order chi connectivity index (χ1) is 9.53. The predicted octanol–water partition coefficient (Wildman–Crippen LogP) is 1.91. The summed E-state index contributed by atoms with van der Waals surface area (Å²) < 4.78 is 27.4. The third-order valence-electron chi connectivity index (χ3n) is 2.79. The zero-order valence-corrected chi connectivity index (χ0v) is 12.2. The van der Waals surface area contributed by atoms with E-state index in [-0.39, 0.29) is 4.90 Å². The molecule has 0 amide bonds. The van der Waals surface area contributed by atoms with Gasteiger partial charge in [-0.25, -0.2) is 8.42 Å². The van der Waals surface area contributed by atoms with Crippen molar-refractivity contribution in [1.82, 2.24) is 10.3 Å². The molecule has 0 aliphatic rings. The van der Waals surface area contributed by atoms with Gasteiger partial charge in [0.05, 0.1) is 16.8 Å². The van der Waals surface area contributed by atoms with Crippen molar-refractivity contribution in [2.45, 2.75) is 18.4 Å². The van der Waals surface area contributed by atoms with Gasteiger partial charge in [-0.3, -0.25) is 9.71 Å². The number of anilines is 1. The third kappa shape index (κ3) is 3.34. The van der Waals surface area contributed by atoms with Crippen molar-refractivity contribution in [2.24, 2.45) is 0 Å². The van der Waals surface area contributed by atoms with E-state index in [9.17, 15) is 8.42 Å². The third-order valence-corrected chi connectivity index (χ3v) is 4.27. The molecule has 20 heavy (non-hydrogen) atoms. The summed E-state index contributed by atoms with van der Waals surface area (Å²) in [7, 11) is -1.83. The summed E-state index contributed by atoms with van der Waals surface area (Å²) in [6.07, 6.45) is 1.51. The molecule has 0 spiro atoms. The minimum absolute atomic E-state index is 0.273. The minimum Gasteiger partial charge on any atom is -0.316 e. The highest BCUT2D eigenvalue weighted by Gasteiger charge is 2.17. The maximum absolute atomic E-state index is 12.4. The first kappa shape index (κ1) is 14.5. The summed E-state index contributed by atoms with van der Waals surface area (Å²) in [4.78, 5) is 4.35. The van der Waals surface area contributed by atoms with Crippen LogP contribution in [0.2, 0.25) is 0 Å². The minimum atomic E-state index is -3.61. The van der Waals surface area contributed by atoms with E-state index in [0.717, 1.165) is 11.3 Å². The van der Waals surface area contributed by atoms with Gasteiger partial charge in [-0.15, -0.1) is 0 Å². The highest BCUT2D eigenvalue weighted by Crippen LogP contribution is 2.19. The molecule has 2 aromatic rings. The summed E-state index contributed by atoms with van der Waals surface area (Å²) in [5.41, 5.74) is 2.01. The Morgan fingerprint density at radius 2 is 1.90 bits per heavy atom. The van der Waals surface area contributed by atoms with Gasteiger partial charge in [-0.1, -0.05) is 18.2 Å². The van der Waals surface area contributed by atoms with Gasteiger partial charge in [-0.05, 0) is 37.7 Å². The van der Waals surface area contributed by atoms with Crippen molar-refractivity contribution in [3.63, 3.8) is 0 Å². The van der Waals surface area contributed by atoms with Crippen molar-refractivity contribution in [1.29, 1.82) is 0 Å². The fourth-order valence-corrected chi connectivity index (χ4v) is 3.12. The predicted molar refractivity (Wildman–Crippen MR) is 79.0 cm³/mol. The van der Waals surface area contributed by atoms with Crippen molar-refractivity contribution < 1.29 is 8.42 Å². The molecular weight excluding hydrogens is 274 g/mol. The lowest BCUT2D eigenvalue weighted by Crippen LogP contribution is -2.17. The molecule has 1 aromatic carbocycles. The number of hydrogen-bond donors (Lipinski definition) is 2. The molecule has 1 heterocycles. The standard InChI is InChI=1S/C14H17N3O2S/c1-11-7-8-13(10-16-11)17-20(18,19)14-6-4-3-5-12(14)9-15-2/h3-8,10,15,17H,9H2,1-2H3. The molecule has 0 saturated heterocycles. The zero-order valence-electron chi connectivity index (χ0n) is 11.4. The Hall–Kier alpha value is -1.92. The highest BCUT2D eigenvalue weighted by atomic mass is 32.2. The van der Waals surface area contributed by atoms with Gasteiger partial charge in [-0.2, -0.15) is 0 Å². The normalized spacial score (nSPS) is 11.3. The van der Waals surface area contributed by atoms with E-state index in [0.29, 0.717) is 12.2 Å². The van der Waals surface area contributed by atoms with Crippen LogP contribution < -0.4 is 10.0 Å². The van der Waals surface area contributed by atoms with Crippen LogP contribution in [0.4, 0.5) is 5.69 Å². The van der Waals surface area contributed by atoms with Crippen LogP contribution in [0.25, 0.3) is 0 Å². The van der Waals surface area contributed by atoms with E-state index in [1.165, 1.54) is 6.20 Å². The molecule has 0 radical (unpaired) electrons. The first-order valence-electron chi connectivity index (χ1n) is 6.21. The van der Waals surface area contributed by atoms with Crippen LogP contribution in [0.5, 0.6) is 0 Å². The van der Waals surface area contributed by atoms with Crippen LogP contribution in [-0.2, 0) is 16.6 Å². The number of pyridine rings is 1. The molecular formula is C14H17N3O2S. The second kappa shape index (κ2) is 6.02. The lowest BCUT2D eigenvalue weighted by atomic mass is 10.2. The van der Waals surface area contributed by atoms with E-state index in [2.05, 4.69) is 15.0 Å². The van der Waals surface area contributed by atoms with Gasteiger partial charge >= 0.3 is 0 Å². The van der Waals surface area contributed by atoms with Crippen LogP contribution in [0, 0.1) is 6.92 Å². The number of aryl methyl sites for hydroxylation is 1. The molecule has 0 fully saturated rings. The second-order valence-electron chi connectivity index (χ2n) is 4.43. The van der Waals surface area contributed by atoms with Crippen molar-refractivity contribution in [3.05, 3.63) is 53.9 Å². The molecule has 2 rings (SSSR count). The van der Waals surface area contributed by atoms with Crippen molar-refractivity contribution in [2.75, 3.05) is 11.8 Å². The van der Waals surface area contributed by atoms with Gasteiger partial charge in [0.15, 0.2) is 0 Å². The maximum Gasteiger partial charge on any atom is 0.262 e. The molecule has 6 heteroatoms. The Morgan fingerprint density at radius 3 is 2.55 bits per heavy atom. The van der Waals surface area contributed by atoms with E-state index >= 15 is 0 Å². The summed E-state index contributed by atoms with van der Waals surface area (Å²) in [6, 6.07) is 10.4. The van der Waals surface area contributed by atoms with Crippen molar-refractivity contribution in [3.8, 4) is 0 Å². The van der Waals surface area contributed by atoms with Gasteiger partial charge in [0.2, 0.25) is 0 Å². The quantitative estimate of drug-likeness (QED) is 0.883. The number of aromatic nitrogens is 1. The molecule has 1 aromatic heterocycles. The Kier molecular flexibility index (Phi) is 4.36. The fourth-order valence-electron chi connectivity index (χ4n) is 1.84. The van der Waals surface area contributed by atoms with Crippen LogP contribution in [0.1, 0.15) is 11.3 Å². The number of nitrogens with one attached hydrogen (secondary N) is 2. The summed E-state index contributed by atoms with van der Waals surface area (Å²) in [5.74, 6) is 0. The van der Waals surface area contributed by atoms with E-state index in [4.69, 9.17) is 0 Å². The molecule has 0 aliphatic heterocycles. The molecule has 2 N–H and O–H groups in total. The molecule has 0 saturated carbocycles. The van der Waals surface area contributed by atoms with Crippen LogP contribution in [0.15, 0.2) is 47.5 Å². The topological polar surface area (TPSA) is 71.1 Å². The van der Waals surface area contributed by atoms with Crippen molar-refractivity contribution >= 4 is 15.7 Å². The number of nitrogens with zero attached hydrogens (tertiary/aromatic N) is 1. The molecule has 0 bridgehead atoms. The number of hydrogen-bond acceptors (Lipinski definition) is 4. The second-order valence-corrected chi connectivity index (χ2v) is 6.08. The fraction of sp³-hybridized carbons (Fsp3) is 0.214. The van der Waals surface area contributed by atoms with E-state index < -0.39 is 10.0 Å². The zero-order chi connectivity index (χ0) is 14.6. The molecule has 0 unspecified atom stereocenters. The van der Waals surface area contributed by atoms with Gasteiger partial charge in [0.25, 0.3) is 10.0 Å². The highest BCUT2D eigenvalue weighted by molar-refractivity contribution is 7.92. The molecule has 0 atom stereocenters. The van der Waals surface area contributed by atoms with Crippen LogP contribution in [-0.4, -0.2) is 20.4 Å².